The number of Topliss-reactive ketones (excluding diaryl/α,β-unsaturated/α-hetero) is 1. The zero-order chi connectivity index (χ0) is 23.5. The van der Waals surface area contributed by atoms with Crippen LogP contribution in [0.3, 0.4) is 0 Å². The molecule has 0 radical (unpaired) electrons. The third kappa shape index (κ3) is 7.30. The minimum absolute atomic E-state index is 0.110. The molecule has 3 rings (SSSR count). The van der Waals surface area contributed by atoms with Crippen LogP contribution >= 0.6 is 0 Å². The molecule has 2 amide bonds. The van der Waals surface area contributed by atoms with Crippen LogP contribution < -0.4 is 10.6 Å². The van der Waals surface area contributed by atoms with E-state index in [9.17, 15) is 19.3 Å². The highest BCUT2D eigenvalue weighted by molar-refractivity contribution is 6.38. The van der Waals surface area contributed by atoms with Crippen molar-refractivity contribution in [2.45, 2.75) is 38.5 Å². The fourth-order valence-electron chi connectivity index (χ4n) is 3.43. The van der Waals surface area contributed by atoms with Gasteiger partial charge in [-0.15, -0.1) is 4.91 Å². The van der Waals surface area contributed by atoms with E-state index in [1.54, 1.807) is 30.3 Å². The van der Waals surface area contributed by atoms with Gasteiger partial charge in [0.1, 0.15) is 5.69 Å². The first-order chi connectivity index (χ1) is 16.1. The predicted octanol–water partition coefficient (Wildman–Crippen LogP) is 2.79. The number of fused-ring (bicyclic) bond motifs is 1. The second-order valence-electron chi connectivity index (χ2n) is 7.65. The maximum atomic E-state index is 12.9. The summed E-state index contributed by atoms with van der Waals surface area (Å²) in [5.74, 6) is -1.92. The van der Waals surface area contributed by atoms with Gasteiger partial charge in [-0.25, -0.2) is 0 Å². The quantitative estimate of drug-likeness (QED) is 0.530. The Kier molecular flexibility index (Phi) is 9.22. The van der Waals surface area contributed by atoms with Crippen molar-refractivity contribution in [3.63, 3.8) is 0 Å². The highest BCUT2D eigenvalue weighted by Gasteiger charge is 2.27. The van der Waals surface area contributed by atoms with Crippen LogP contribution in [-0.2, 0) is 32.2 Å². The molecule has 1 atom stereocenters. The summed E-state index contributed by atoms with van der Waals surface area (Å²) < 4.78 is 11.1. The highest BCUT2D eigenvalue weighted by atomic mass is 16.5. The second kappa shape index (κ2) is 12.6. The number of nitrogens with zero attached hydrogens (tertiary/aromatic N) is 1. The van der Waals surface area contributed by atoms with Gasteiger partial charge in [0.15, 0.2) is 0 Å². The number of carbonyl (C=O) groups excluding carboxylic acids is 3. The predicted molar refractivity (Wildman–Crippen MR) is 121 cm³/mol. The Bertz CT molecular complexity index is 976. The maximum absolute atomic E-state index is 12.9. The molecule has 1 unspecified atom stereocenters. The average molecular weight is 453 g/mol. The molecule has 0 bridgehead atoms. The van der Waals surface area contributed by atoms with Crippen LogP contribution in [0.25, 0.3) is 0 Å². The molecule has 1 heterocycles. The van der Waals surface area contributed by atoms with Gasteiger partial charge in [0.05, 0.1) is 25.9 Å². The van der Waals surface area contributed by atoms with Crippen LogP contribution in [0.2, 0.25) is 0 Å². The number of nitroso groups, excluding NO2 is 1. The van der Waals surface area contributed by atoms with Gasteiger partial charge in [-0.3, -0.25) is 14.4 Å². The largest absolute Gasteiger partial charge is 0.379 e. The van der Waals surface area contributed by atoms with E-state index in [-0.39, 0.29) is 18.8 Å². The Hall–Kier alpha value is -3.43. The Morgan fingerprint density at radius 1 is 1.00 bits per heavy atom. The summed E-state index contributed by atoms with van der Waals surface area (Å²) in [4.78, 5) is 48.9. The van der Waals surface area contributed by atoms with Crippen molar-refractivity contribution in [2.75, 3.05) is 19.8 Å². The Labute approximate surface area is 191 Å². The molecule has 0 aliphatic carbocycles. The van der Waals surface area contributed by atoms with E-state index in [1.165, 1.54) is 12.1 Å². The van der Waals surface area contributed by atoms with Crippen molar-refractivity contribution in [1.82, 2.24) is 10.6 Å². The number of ketones is 1. The van der Waals surface area contributed by atoms with Gasteiger partial charge in [0.25, 0.3) is 11.8 Å². The monoisotopic (exact) mass is 453 g/mol. The number of carbonyl (C=O) groups is 3. The summed E-state index contributed by atoms with van der Waals surface area (Å²) in [5, 5.41) is 8.13. The average Bonchev–Trinajstić information content (AvgIpc) is 2.85. The van der Waals surface area contributed by atoms with E-state index < -0.39 is 23.6 Å². The molecule has 1 aliphatic rings. The van der Waals surface area contributed by atoms with Gasteiger partial charge in [-0.2, -0.15) is 0 Å². The van der Waals surface area contributed by atoms with Crippen molar-refractivity contribution in [2.24, 2.45) is 5.18 Å². The lowest BCUT2D eigenvalue weighted by atomic mass is 10.0. The number of nitrogens with one attached hydrogen (secondary N) is 2. The molecule has 9 heteroatoms. The van der Waals surface area contributed by atoms with Crippen LogP contribution in [0, 0.1) is 4.91 Å². The number of ether oxygens (including phenoxy) is 2. The second-order valence-corrected chi connectivity index (χ2v) is 7.65. The fourth-order valence-corrected chi connectivity index (χ4v) is 3.43. The van der Waals surface area contributed by atoms with E-state index in [4.69, 9.17) is 9.47 Å². The Morgan fingerprint density at radius 2 is 1.76 bits per heavy atom. The summed E-state index contributed by atoms with van der Waals surface area (Å²) in [6.07, 6.45) is 1.61. The summed E-state index contributed by atoms with van der Waals surface area (Å²) in [7, 11) is 0. The normalized spacial score (nSPS) is 17.7. The molecule has 33 heavy (non-hydrogen) atoms. The summed E-state index contributed by atoms with van der Waals surface area (Å²) in [6, 6.07) is 12.4. The first-order valence-corrected chi connectivity index (χ1v) is 10.9. The molecule has 2 N–H and O–H groups in total. The first-order valence-electron chi connectivity index (χ1n) is 10.9. The fraction of sp³-hybridized carbons (Fsp3) is 0.375. The molecule has 1 aliphatic heterocycles. The molecule has 0 saturated carbocycles. The lowest BCUT2D eigenvalue weighted by Gasteiger charge is -2.19. The van der Waals surface area contributed by atoms with Gasteiger partial charge < -0.3 is 20.1 Å². The van der Waals surface area contributed by atoms with Crippen LogP contribution in [0.5, 0.6) is 0 Å². The molecular weight excluding hydrogens is 426 g/mol. The molecule has 0 saturated heterocycles. The number of amides is 2. The van der Waals surface area contributed by atoms with Crippen LogP contribution in [0.4, 0.5) is 5.69 Å². The van der Waals surface area contributed by atoms with E-state index in [2.05, 4.69) is 15.8 Å². The number of hydrogen-bond donors (Lipinski definition) is 2. The maximum Gasteiger partial charge on any atom is 0.289 e. The zero-order valence-corrected chi connectivity index (χ0v) is 18.2. The zero-order valence-electron chi connectivity index (χ0n) is 18.2. The molecule has 0 fully saturated rings. The number of rotatable bonds is 5. The van der Waals surface area contributed by atoms with Crippen molar-refractivity contribution in [3.05, 3.63) is 70.1 Å². The summed E-state index contributed by atoms with van der Waals surface area (Å²) in [6.45, 7) is 1.73. The van der Waals surface area contributed by atoms with Gasteiger partial charge in [0, 0.05) is 18.7 Å². The van der Waals surface area contributed by atoms with E-state index in [0.717, 1.165) is 0 Å². The van der Waals surface area contributed by atoms with Gasteiger partial charge in [0.2, 0.25) is 5.78 Å². The summed E-state index contributed by atoms with van der Waals surface area (Å²) >= 11 is 0. The van der Waals surface area contributed by atoms with Crippen molar-refractivity contribution < 1.29 is 23.9 Å². The van der Waals surface area contributed by atoms with Crippen LogP contribution in [0.15, 0.2) is 53.7 Å². The number of hydrogen-bond acceptors (Lipinski definition) is 7. The highest BCUT2D eigenvalue weighted by Crippen LogP contribution is 2.14. The van der Waals surface area contributed by atoms with Crippen LogP contribution in [0.1, 0.15) is 40.7 Å². The first kappa shape index (κ1) is 24.2. The molecule has 0 aromatic heterocycles. The lowest BCUT2D eigenvalue weighted by Crippen LogP contribution is -2.47. The Morgan fingerprint density at radius 3 is 2.55 bits per heavy atom. The SMILES string of the molecule is O=Nc1ccc(CNC(=O)C(=O)C2CCCCOCCOCc3ccccc3C(=O)N2)cc1. The van der Waals surface area contributed by atoms with Gasteiger partial charge >= 0.3 is 0 Å². The number of benzene rings is 2. The smallest absolute Gasteiger partial charge is 0.289 e. The van der Waals surface area contributed by atoms with Crippen molar-refractivity contribution >= 4 is 23.3 Å². The lowest BCUT2D eigenvalue weighted by molar-refractivity contribution is -0.139. The third-order valence-electron chi connectivity index (χ3n) is 5.26. The molecule has 2 aromatic carbocycles. The molecular formula is C24H27N3O6. The minimum Gasteiger partial charge on any atom is -0.379 e. The van der Waals surface area contributed by atoms with E-state index in [0.29, 0.717) is 55.8 Å². The van der Waals surface area contributed by atoms with Gasteiger partial charge in [-0.1, -0.05) is 30.3 Å². The topological polar surface area (TPSA) is 123 Å². The minimum atomic E-state index is -0.962. The molecule has 174 valence electrons. The van der Waals surface area contributed by atoms with E-state index >= 15 is 0 Å². The van der Waals surface area contributed by atoms with Crippen LogP contribution in [-0.4, -0.2) is 43.5 Å². The molecule has 9 nitrogen and oxygen atoms in total. The molecule has 0 spiro atoms. The third-order valence-corrected chi connectivity index (χ3v) is 5.26. The Balaban J connectivity index is 1.68. The van der Waals surface area contributed by atoms with Crippen molar-refractivity contribution in [1.29, 1.82) is 0 Å². The van der Waals surface area contributed by atoms with Gasteiger partial charge in [-0.05, 0) is 53.8 Å². The summed E-state index contributed by atoms with van der Waals surface area (Å²) in [5.41, 5.74) is 2.08. The van der Waals surface area contributed by atoms with Crippen molar-refractivity contribution in [3.8, 4) is 0 Å². The van der Waals surface area contributed by atoms with E-state index in [1.807, 2.05) is 6.07 Å². The standard InChI is InChI=1S/C24H27N3O6/c28-22(24(30)25-15-17-8-10-19(27-31)11-9-17)21-7-3-4-12-32-13-14-33-16-18-5-1-2-6-20(18)23(29)26-21/h1-2,5-6,8-11,21H,3-4,7,12-16H2,(H,25,30)(H,26,29). The molecule has 2 aromatic rings.